The van der Waals surface area contributed by atoms with E-state index < -0.39 is 30.6 Å². The van der Waals surface area contributed by atoms with Crippen LogP contribution in [0.25, 0.3) is 11.2 Å². The van der Waals surface area contributed by atoms with Crippen molar-refractivity contribution in [3.63, 3.8) is 0 Å². The molecule has 4 heterocycles. The van der Waals surface area contributed by atoms with E-state index >= 15 is 0 Å². The average Bonchev–Trinajstić information content (AvgIpc) is 3.48. The summed E-state index contributed by atoms with van der Waals surface area (Å²) in [5.41, 5.74) is 0.881. The Kier molecular flexibility index (Phi) is 7.07. The molecule has 3 N–H and O–H groups in total. The molecular weight excluding hydrogens is 468 g/mol. The third-order valence-corrected chi connectivity index (χ3v) is 6.26. The number of hydrogen-bond donors (Lipinski definition) is 3. The van der Waals surface area contributed by atoms with Crippen molar-refractivity contribution in [1.82, 2.24) is 24.8 Å². The van der Waals surface area contributed by atoms with Crippen molar-refractivity contribution in [2.24, 2.45) is 5.92 Å². The number of carbonyl (C=O) groups excluding carboxylic acids is 1. The summed E-state index contributed by atoms with van der Waals surface area (Å²) in [4.78, 5) is 36.1. The van der Waals surface area contributed by atoms with Crippen LogP contribution >= 0.6 is 0 Å². The molecule has 0 aromatic carbocycles. The number of aliphatic carboxylic acids is 1. The second kappa shape index (κ2) is 10.6. The normalized spacial score (nSPS) is 27.3. The number of carboxylic acids is 1. The standard InChI is InChI=1S/C24H28N6O6/c1-2-25-24(33)29-20-17-21(27-12-26-20)30(13-28-17)22-19-18(15(34-22)10-7-11-16(31)32)35-23(36-19)14-8-5-3-4-6-9-14/h3-6,8-9,12-15,18-19,22-23H,2,7,10-11H2,1H3,(H,31,32)(H2,25,26,27,29,33)/t15?,18?,19?,22?,23-/m0/s1. The molecule has 2 saturated heterocycles. The predicted molar refractivity (Wildman–Crippen MR) is 128 cm³/mol. The monoisotopic (exact) mass is 496 g/mol. The van der Waals surface area contributed by atoms with Gasteiger partial charge in [-0.3, -0.25) is 14.7 Å². The summed E-state index contributed by atoms with van der Waals surface area (Å²) in [7, 11) is 0. The molecule has 0 radical (unpaired) electrons. The fraction of sp³-hybridized carbons (Fsp3) is 0.458. The Hall–Kier alpha value is -3.61. The molecule has 4 unspecified atom stereocenters. The number of nitrogens with zero attached hydrogens (tertiary/aromatic N) is 4. The third-order valence-electron chi connectivity index (χ3n) is 6.26. The lowest BCUT2D eigenvalue weighted by atomic mass is 10.0. The number of anilines is 1. The number of aromatic nitrogens is 4. The number of ether oxygens (including phenoxy) is 3. The number of carboxylic acid groups (broad SMARTS) is 1. The summed E-state index contributed by atoms with van der Waals surface area (Å²) < 4.78 is 20.8. The van der Waals surface area contributed by atoms with Gasteiger partial charge in [0.1, 0.15) is 18.5 Å². The highest BCUT2D eigenvalue weighted by atomic mass is 16.8. The van der Waals surface area contributed by atoms with Crippen LogP contribution in [0, 0.1) is 5.92 Å². The Morgan fingerprint density at radius 3 is 2.58 bits per heavy atom. The summed E-state index contributed by atoms with van der Waals surface area (Å²) in [6.07, 6.45) is 13.4. The number of hydrogen-bond acceptors (Lipinski definition) is 8. The molecule has 1 aliphatic carbocycles. The first-order valence-electron chi connectivity index (χ1n) is 12.0. The van der Waals surface area contributed by atoms with Gasteiger partial charge in [0.15, 0.2) is 29.5 Å². The molecule has 2 aliphatic heterocycles. The predicted octanol–water partition coefficient (Wildman–Crippen LogP) is 2.53. The van der Waals surface area contributed by atoms with Gasteiger partial charge in [0.2, 0.25) is 0 Å². The van der Waals surface area contributed by atoms with Crippen LogP contribution in [0.15, 0.2) is 49.1 Å². The van der Waals surface area contributed by atoms with Crippen molar-refractivity contribution >= 4 is 29.0 Å². The van der Waals surface area contributed by atoms with Crippen molar-refractivity contribution in [3.8, 4) is 0 Å². The Balaban J connectivity index is 1.42. The summed E-state index contributed by atoms with van der Waals surface area (Å²) in [5, 5.41) is 14.4. The van der Waals surface area contributed by atoms with Crippen LogP contribution in [0.2, 0.25) is 0 Å². The van der Waals surface area contributed by atoms with Gasteiger partial charge in [-0.25, -0.2) is 19.7 Å². The topological polar surface area (TPSA) is 150 Å². The van der Waals surface area contributed by atoms with Crippen LogP contribution in [0.1, 0.15) is 32.4 Å². The second-order valence-electron chi connectivity index (χ2n) is 8.68. The highest BCUT2D eigenvalue weighted by Crippen LogP contribution is 2.43. The molecule has 36 heavy (non-hydrogen) atoms. The maximum Gasteiger partial charge on any atom is 0.320 e. The molecule has 12 nitrogen and oxygen atoms in total. The van der Waals surface area contributed by atoms with Crippen LogP contribution < -0.4 is 10.6 Å². The van der Waals surface area contributed by atoms with Crippen molar-refractivity contribution in [2.45, 2.75) is 57.0 Å². The zero-order valence-corrected chi connectivity index (χ0v) is 19.7. The van der Waals surface area contributed by atoms with Crippen LogP contribution in [0.4, 0.5) is 10.6 Å². The van der Waals surface area contributed by atoms with Crippen LogP contribution in [0.5, 0.6) is 0 Å². The summed E-state index contributed by atoms with van der Waals surface area (Å²) >= 11 is 0. The number of amides is 2. The van der Waals surface area contributed by atoms with E-state index in [2.05, 4.69) is 25.6 Å². The van der Waals surface area contributed by atoms with Gasteiger partial charge in [-0.15, -0.1) is 0 Å². The minimum atomic E-state index is -0.853. The third kappa shape index (κ3) is 4.87. The minimum absolute atomic E-state index is 0.0437. The molecule has 5 rings (SSSR count). The number of carbonyl (C=O) groups is 2. The zero-order chi connectivity index (χ0) is 25.1. The Morgan fingerprint density at radius 1 is 1.06 bits per heavy atom. The minimum Gasteiger partial charge on any atom is -0.481 e. The first-order chi connectivity index (χ1) is 17.5. The van der Waals surface area contributed by atoms with E-state index in [0.717, 1.165) is 0 Å². The van der Waals surface area contributed by atoms with Gasteiger partial charge in [-0.2, -0.15) is 0 Å². The number of allylic oxidation sites excluding steroid dienone is 4. The van der Waals surface area contributed by atoms with Crippen molar-refractivity contribution in [1.29, 1.82) is 0 Å². The Bertz CT molecular complexity index is 1190. The van der Waals surface area contributed by atoms with Gasteiger partial charge in [0.25, 0.3) is 0 Å². The number of urea groups is 1. The number of fused-ring (bicyclic) bond motifs is 2. The maximum atomic E-state index is 12.0. The van der Waals surface area contributed by atoms with E-state index in [1.165, 1.54) is 6.33 Å². The van der Waals surface area contributed by atoms with E-state index in [-0.39, 0.29) is 30.4 Å². The molecule has 2 aromatic heterocycles. The van der Waals surface area contributed by atoms with Crippen molar-refractivity contribution in [2.75, 3.05) is 11.9 Å². The van der Waals surface area contributed by atoms with Gasteiger partial charge >= 0.3 is 12.0 Å². The van der Waals surface area contributed by atoms with Gasteiger partial charge in [0, 0.05) is 18.9 Å². The SMILES string of the molecule is CCNC(=O)Nc1ncnc2c1ncn2C1OC(CCCC(=O)O)C2O[C@H](C3C=CC=CC=C3)OC21. The summed E-state index contributed by atoms with van der Waals surface area (Å²) in [6, 6.07) is -0.392. The quantitative estimate of drug-likeness (QED) is 0.501. The van der Waals surface area contributed by atoms with Crippen molar-refractivity contribution in [3.05, 3.63) is 49.1 Å². The first-order valence-corrected chi connectivity index (χ1v) is 12.0. The van der Waals surface area contributed by atoms with E-state index in [4.69, 9.17) is 19.3 Å². The van der Waals surface area contributed by atoms with E-state index in [1.807, 2.05) is 43.4 Å². The smallest absolute Gasteiger partial charge is 0.320 e. The first kappa shape index (κ1) is 24.1. The Morgan fingerprint density at radius 2 is 1.83 bits per heavy atom. The summed E-state index contributed by atoms with van der Waals surface area (Å²) in [6.45, 7) is 2.29. The number of imidazole rings is 1. The molecule has 0 spiro atoms. The van der Waals surface area contributed by atoms with E-state index in [9.17, 15) is 9.59 Å². The molecular formula is C24H28N6O6. The number of nitrogens with one attached hydrogen (secondary N) is 2. The molecule has 0 saturated carbocycles. The molecule has 5 atom stereocenters. The summed E-state index contributed by atoms with van der Waals surface area (Å²) in [5.74, 6) is -0.658. The zero-order valence-electron chi connectivity index (χ0n) is 19.7. The molecule has 12 heteroatoms. The van der Waals surface area contributed by atoms with Gasteiger partial charge in [0.05, 0.1) is 12.4 Å². The average molecular weight is 497 g/mol. The lowest BCUT2D eigenvalue weighted by molar-refractivity contribution is -0.154. The van der Waals surface area contributed by atoms with E-state index in [1.54, 1.807) is 10.9 Å². The molecule has 2 amide bonds. The largest absolute Gasteiger partial charge is 0.481 e. The molecule has 2 aromatic rings. The molecule has 2 fully saturated rings. The van der Waals surface area contributed by atoms with Gasteiger partial charge in [-0.1, -0.05) is 36.5 Å². The van der Waals surface area contributed by atoms with Crippen LogP contribution in [-0.4, -0.2) is 67.8 Å². The molecule has 190 valence electrons. The maximum absolute atomic E-state index is 12.0. The van der Waals surface area contributed by atoms with Gasteiger partial charge in [-0.05, 0) is 19.8 Å². The van der Waals surface area contributed by atoms with Crippen LogP contribution in [0.3, 0.4) is 0 Å². The molecule has 3 aliphatic rings. The number of rotatable bonds is 8. The Labute approximate surface area is 207 Å². The highest BCUT2D eigenvalue weighted by molar-refractivity contribution is 5.95. The second-order valence-corrected chi connectivity index (χ2v) is 8.68. The lowest BCUT2D eigenvalue weighted by Crippen LogP contribution is -2.29. The van der Waals surface area contributed by atoms with Gasteiger partial charge < -0.3 is 24.6 Å². The highest BCUT2D eigenvalue weighted by Gasteiger charge is 2.54. The van der Waals surface area contributed by atoms with Crippen molar-refractivity contribution < 1.29 is 28.9 Å². The lowest BCUT2D eigenvalue weighted by Gasteiger charge is -2.23. The fourth-order valence-corrected chi connectivity index (χ4v) is 4.65. The fourth-order valence-electron chi connectivity index (χ4n) is 4.65. The molecule has 0 bridgehead atoms. The van der Waals surface area contributed by atoms with E-state index in [0.29, 0.717) is 30.6 Å². The van der Waals surface area contributed by atoms with Crippen LogP contribution in [-0.2, 0) is 19.0 Å².